The topological polar surface area (TPSA) is 46.5 Å². The van der Waals surface area contributed by atoms with Gasteiger partial charge in [-0.1, -0.05) is 36.6 Å². The minimum atomic E-state index is -0.986. The van der Waals surface area contributed by atoms with Gasteiger partial charge in [0.15, 0.2) is 0 Å². The molecule has 0 spiro atoms. The predicted molar refractivity (Wildman–Crippen MR) is 90.6 cm³/mol. The molecule has 3 nitrogen and oxygen atoms in total. The summed E-state index contributed by atoms with van der Waals surface area (Å²) in [4.78, 5) is 11.6. The maximum Gasteiger partial charge on any atom is 0.309 e. The van der Waals surface area contributed by atoms with Gasteiger partial charge in [-0.05, 0) is 58.8 Å². The maximum atomic E-state index is 11.6. The zero-order valence-corrected chi connectivity index (χ0v) is 14.7. The zero-order chi connectivity index (χ0) is 16.6. The zero-order valence-electron chi connectivity index (χ0n) is 14.7. The molecule has 0 fully saturated rings. The van der Waals surface area contributed by atoms with E-state index in [1.165, 1.54) is 17.6 Å². The summed E-state index contributed by atoms with van der Waals surface area (Å²) in [5.41, 5.74) is 1.69. The second-order valence-electron chi connectivity index (χ2n) is 6.73. The number of esters is 1. The first-order chi connectivity index (χ1) is 10.4. The van der Waals surface area contributed by atoms with Crippen LogP contribution in [0.5, 0.6) is 0 Å². The van der Waals surface area contributed by atoms with Crippen LogP contribution in [0.3, 0.4) is 0 Å². The summed E-state index contributed by atoms with van der Waals surface area (Å²) in [5, 5.41) is 10.5. The van der Waals surface area contributed by atoms with Crippen molar-refractivity contribution in [3.8, 4) is 0 Å². The summed E-state index contributed by atoms with van der Waals surface area (Å²) < 4.78 is 4.95. The van der Waals surface area contributed by atoms with E-state index in [1.54, 1.807) is 6.92 Å². The number of aliphatic hydroxyl groups is 1. The van der Waals surface area contributed by atoms with Gasteiger partial charge in [0.25, 0.3) is 0 Å². The standard InChI is InChI=1S/C19H32O3/c1-5-16(9-7-8-15(3)4)12-17-10-11-19(21,13-17)14-18(20)22-6-2/h8,13,16,21H,5-7,9-12,14H2,1-4H3. The first-order valence-corrected chi connectivity index (χ1v) is 8.60. The Morgan fingerprint density at radius 2 is 2.18 bits per heavy atom. The number of carbonyl (C=O) groups is 1. The Morgan fingerprint density at radius 1 is 1.45 bits per heavy atom. The van der Waals surface area contributed by atoms with Gasteiger partial charge in [-0.3, -0.25) is 4.79 Å². The van der Waals surface area contributed by atoms with Gasteiger partial charge < -0.3 is 9.84 Å². The number of hydrogen-bond donors (Lipinski definition) is 1. The largest absolute Gasteiger partial charge is 0.466 e. The van der Waals surface area contributed by atoms with E-state index < -0.39 is 5.60 Å². The third-order valence-electron chi connectivity index (χ3n) is 4.36. The Kier molecular flexibility index (Phi) is 7.88. The molecule has 0 aromatic carbocycles. The molecular formula is C19H32O3. The molecule has 0 bridgehead atoms. The van der Waals surface area contributed by atoms with E-state index in [0.717, 1.165) is 25.7 Å². The van der Waals surface area contributed by atoms with Crippen LogP contribution in [0.4, 0.5) is 0 Å². The number of carbonyl (C=O) groups excluding carboxylic acids is 1. The van der Waals surface area contributed by atoms with Crippen LogP contribution in [0, 0.1) is 5.92 Å². The van der Waals surface area contributed by atoms with Gasteiger partial charge in [0.05, 0.1) is 18.6 Å². The monoisotopic (exact) mass is 308 g/mol. The fraction of sp³-hybridized carbons (Fsp3) is 0.737. The Balaban J connectivity index is 2.52. The van der Waals surface area contributed by atoms with Gasteiger partial charge in [0.1, 0.15) is 0 Å². The van der Waals surface area contributed by atoms with Gasteiger partial charge in [0, 0.05) is 0 Å². The summed E-state index contributed by atoms with van der Waals surface area (Å²) in [6.45, 7) is 8.66. The van der Waals surface area contributed by atoms with E-state index in [9.17, 15) is 9.90 Å². The first-order valence-electron chi connectivity index (χ1n) is 8.60. The van der Waals surface area contributed by atoms with Gasteiger partial charge in [-0.2, -0.15) is 0 Å². The molecule has 3 heteroatoms. The molecule has 1 rings (SSSR count). The smallest absolute Gasteiger partial charge is 0.309 e. The Hall–Kier alpha value is -1.09. The molecule has 0 radical (unpaired) electrons. The summed E-state index contributed by atoms with van der Waals surface area (Å²) in [7, 11) is 0. The van der Waals surface area contributed by atoms with Crippen LogP contribution in [0.15, 0.2) is 23.3 Å². The molecule has 0 aromatic heterocycles. The van der Waals surface area contributed by atoms with Crippen molar-refractivity contribution >= 4 is 5.97 Å². The third kappa shape index (κ3) is 6.78. The average Bonchev–Trinajstić information content (AvgIpc) is 2.78. The molecule has 0 aromatic rings. The van der Waals surface area contributed by atoms with E-state index in [2.05, 4.69) is 26.8 Å². The molecule has 0 saturated carbocycles. The molecule has 126 valence electrons. The van der Waals surface area contributed by atoms with Crippen molar-refractivity contribution in [3.05, 3.63) is 23.3 Å². The molecule has 0 heterocycles. The highest BCUT2D eigenvalue weighted by molar-refractivity contribution is 5.71. The minimum absolute atomic E-state index is 0.0822. The summed E-state index contributed by atoms with van der Waals surface area (Å²) in [6, 6.07) is 0. The number of ether oxygens (including phenoxy) is 1. The summed E-state index contributed by atoms with van der Waals surface area (Å²) in [6.07, 6.45) is 10.4. The first kappa shape index (κ1) is 19.0. The molecule has 1 aliphatic rings. The number of allylic oxidation sites excluding steroid dienone is 3. The normalized spacial score (nSPS) is 22.1. The number of hydrogen-bond acceptors (Lipinski definition) is 3. The van der Waals surface area contributed by atoms with Gasteiger partial charge in [0.2, 0.25) is 0 Å². The molecule has 2 unspecified atom stereocenters. The van der Waals surface area contributed by atoms with Crippen LogP contribution in [0.25, 0.3) is 0 Å². The van der Waals surface area contributed by atoms with Gasteiger partial charge in [-0.15, -0.1) is 0 Å². The molecule has 0 amide bonds. The fourth-order valence-corrected chi connectivity index (χ4v) is 3.09. The SMILES string of the molecule is CCOC(=O)CC1(O)C=C(CC(CC)CCC=C(C)C)CC1. The lowest BCUT2D eigenvalue weighted by atomic mass is 9.92. The molecule has 22 heavy (non-hydrogen) atoms. The van der Waals surface area contributed by atoms with Crippen molar-refractivity contribution in [3.63, 3.8) is 0 Å². The van der Waals surface area contributed by atoms with Crippen LogP contribution in [-0.4, -0.2) is 23.3 Å². The van der Waals surface area contributed by atoms with Crippen molar-refractivity contribution < 1.29 is 14.6 Å². The van der Waals surface area contributed by atoms with E-state index in [0.29, 0.717) is 18.9 Å². The van der Waals surface area contributed by atoms with Crippen molar-refractivity contribution in [2.45, 2.75) is 78.2 Å². The molecular weight excluding hydrogens is 276 g/mol. The summed E-state index contributed by atoms with van der Waals surface area (Å²) >= 11 is 0. The van der Waals surface area contributed by atoms with Gasteiger partial charge >= 0.3 is 5.97 Å². The molecule has 1 N–H and O–H groups in total. The van der Waals surface area contributed by atoms with Crippen molar-refractivity contribution in [1.82, 2.24) is 0 Å². The Labute approximate surface area is 135 Å². The lowest BCUT2D eigenvalue weighted by Gasteiger charge is -2.18. The molecule has 0 aliphatic heterocycles. The van der Waals surface area contributed by atoms with E-state index >= 15 is 0 Å². The molecule has 0 saturated heterocycles. The van der Waals surface area contributed by atoms with Crippen LogP contribution >= 0.6 is 0 Å². The highest BCUT2D eigenvalue weighted by Gasteiger charge is 2.33. The molecule has 2 atom stereocenters. The lowest BCUT2D eigenvalue weighted by Crippen LogP contribution is -2.27. The Bertz CT molecular complexity index is 418. The highest BCUT2D eigenvalue weighted by atomic mass is 16.5. The lowest BCUT2D eigenvalue weighted by molar-refractivity contribution is -0.147. The predicted octanol–water partition coefficient (Wildman–Crippen LogP) is 4.55. The number of rotatable bonds is 9. The Morgan fingerprint density at radius 3 is 2.77 bits per heavy atom. The maximum absolute atomic E-state index is 11.6. The molecule has 1 aliphatic carbocycles. The minimum Gasteiger partial charge on any atom is -0.466 e. The third-order valence-corrected chi connectivity index (χ3v) is 4.36. The van der Waals surface area contributed by atoms with E-state index in [4.69, 9.17) is 4.74 Å². The van der Waals surface area contributed by atoms with Crippen molar-refractivity contribution in [2.75, 3.05) is 6.61 Å². The fourth-order valence-electron chi connectivity index (χ4n) is 3.09. The van der Waals surface area contributed by atoms with Crippen molar-refractivity contribution in [1.29, 1.82) is 0 Å². The summed E-state index contributed by atoms with van der Waals surface area (Å²) in [5.74, 6) is 0.352. The highest BCUT2D eigenvalue weighted by Crippen LogP contribution is 2.35. The average molecular weight is 308 g/mol. The van der Waals surface area contributed by atoms with E-state index in [1.807, 2.05) is 6.08 Å². The second-order valence-corrected chi connectivity index (χ2v) is 6.73. The van der Waals surface area contributed by atoms with Crippen LogP contribution in [0.2, 0.25) is 0 Å². The van der Waals surface area contributed by atoms with Gasteiger partial charge in [-0.25, -0.2) is 0 Å². The quantitative estimate of drug-likeness (QED) is 0.502. The van der Waals surface area contributed by atoms with Crippen LogP contribution in [-0.2, 0) is 9.53 Å². The van der Waals surface area contributed by atoms with Crippen molar-refractivity contribution in [2.24, 2.45) is 5.92 Å². The van der Waals surface area contributed by atoms with E-state index in [-0.39, 0.29) is 12.4 Å². The van der Waals surface area contributed by atoms with Crippen LogP contribution < -0.4 is 0 Å². The van der Waals surface area contributed by atoms with Crippen LogP contribution in [0.1, 0.15) is 72.6 Å². The second kappa shape index (κ2) is 9.14.